The second-order valence-electron chi connectivity index (χ2n) is 3.65. The van der Waals surface area contributed by atoms with E-state index >= 15 is 0 Å². The van der Waals surface area contributed by atoms with Gasteiger partial charge >= 0.3 is 0 Å². The van der Waals surface area contributed by atoms with Crippen molar-refractivity contribution in [1.29, 1.82) is 0 Å². The largest absolute Gasteiger partial charge is 0.280 e. The molecule has 3 heterocycles. The molecule has 74 valence electrons. The van der Waals surface area contributed by atoms with Crippen molar-refractivity contribution in [3.63, 3.8) is 0 Å². The zero-order valence-electron chi connectivity index (χ0n) is 8.60. The van der Waals surface area contributed by atoms with Gasteiger partial charge in [-0.3, -0.25) is 4.40 Å². The van der Waals surface area contributed by atoms with Gasteiger partial charge in [-0.25, -0.2) is 15.0 Å². The van der Waals surface area contributed by atoms with Gasteiger partial charge in [-0.1, -0.05) is 0 Å². The van der Waals surface area contributed by atoms with Crippen molar-refractivity contribution < 1.29 is 0 Å². The third-order valence-corrected chi connectivity index (χ3v) is 2.62. The number of imidazole rings is 1. The second kappa shape index (κ2) is 2.76. The number of pyridine rings is 1. The van der Waals surface area contributed by atoms with Crippen LogP contribution in [-0.4, -0.2) is 19.4 Å². The summed E-state index contributed by atoms with van der Waals surface area (Å²) >= 11 is 0. The Kier molecular flexibility index (Phi) is 1.54. The predicted octanol–water partition coefficient (Wildman–Crippen LogP) is 1.89. The van der Waals surface area contributed by atoms with E-state index in [0.29, 0.717) is 0 Å². The molecule has 3 aromatic heterocycles. The average molecular weight is 198 g/mol. The van der Waals surface area contributed by atoms with Crippen LogP contribution in [0.3, 0.4) is 0 Å². The highest BCUT2D eigenvalue weighted by Gasteiger charge is 2.07. The summed E-state index contributed by atoms with van der Waals surface area (Å²) in [7, 11) is 0. The highest BCUT2D eigenvalue weighted by Crippen LogP contribution is 2.17. The fourth-order valence-corrected chi connectivity index (χ4v) is 1.81. The SMILES string of the molecule is Cc1ccnc2c1nc(C)c1cncn12. The minimum absolute atomic E-state index is 0.869. The van der Waals surface area contributed by atoms with Gasteiger partial charge in [0.2, 0.25) is 0 Å². The molecule has 0 saturated carbocycles. The molecule has 0 unspecified atom stereocenters. The van der Waals surface area contributed by atoms with Crippen LogP contribution in [0.2, 0.25) is 0 Å². The molecule has 0 N–H and O–H groups in total. The predicted molar refractivity (Wildman–Crippen MR) is 57.8 cm³/mol. The van der Waals surface area contributed by atoms with Crippen molar-refractivity contribution in [2.75, 3.05) is 0 Å². The minimum Gasteiger partial charge on any atom is -0.280 e. The molecule has 0 amide bonds. The van der Waals surface area contributed by atoms with Gasteiger partial charge in [0.1, 0.15) is 11.8 Å². The number of aryl methyl sites for hydroxylation is 2. The molecule has 0 aromatic carbocycles. The summed E-state index contributed by atoms with van der Waals surface area (Å²) in [6.45, 7) is 4.03. The zero-order chi connectivity index (χ0) is 10.4. The molecule has 0 spiro atoms. The van der Waals surface area contributed by atoms with E-state index in [-0.39, 0.29) is 0 Å². The first-order chi connectivity index (χ1) is 7.27. The maximum atomic E-state index is 4.55. The molecule has 3 aromatic rings. The van der Waals surface area contributed by atoms with Gasteiger partial charge in [0.05, 0.1) is 17.4 Å². The summed E-state index contributed by atoms with van der Waals surface area (Å²) in [5.41, 5.74) is 4.95. The van der Waals surface area contributed by atoms with Gasteiger partial charge in [0.15, 0.2) is 5.65 Å². The normalized spacial score (nSPS) is 11.3. The van der Waals surface area contributed by atoms with Crippen molar-refractivity contribution in [3.05, 3.63) is 36.0 Å². The first kappa shape index (κ1) is 8.35. The average Bonchev–Trinajstić information content (AvgIpc) is 2.69. The molecule has 0 fully saturated rings. The van der Waals surface area contributed by atoms with Crippen molar-refractivity contribution in [2.24, 2.45) is 0 Å². The van der Waals surface area contributed by atoms with Gasteiger partial charge < -0.3 is 0 Å². The Morgan fingerprint density at radius 3 is 3.00 bits per heavy atom. The van der Waals surface area contributed by atoms with Crippen molar-refractivity contribution in [1.82, 2.24) is 19.4 Å². The van der Waals surface area contributed by atoms with Crippen LogP contribution < -0.4 is 0 Å². The Balaban J connectivity index is 2.66. The number of rotatable bonds is 0. The molecule has 4 nitrogen and oxygen atoms in total. The molecule has 0 atom stereocenters. The highest BCUT2D eigenvalue weighted by atomic mass is 15.1. The van der Waals surface area contributed by atoms with Crippen molar-refractivity contribution in [3.8, 4) is 0 Å². The van der Waals surface area contributed by atoms with Gasteiger partial charge in [-0.15, -0.1) is 0 Å². The molecule has 0 radical (unpaired) electrons. The van der Waals surface area contributed by atoms with Crippen LogP contribution in [0.25, 0.3) is 16.7 Å². The van der Waals surface area contributed by atoms with E-state index in [1.54, 1.807) is 12.5 Å². The number of nitrogens with zero attached hydrogens (tertiary/aromatic N) is 4. The molecule has 4 heteroatoms. The monoisotopic (exact) mass is 198 g/mol. The van der Waals surface area contributed by atoms with Crippen LogP contribution in [0, 0.1) is 13.8 Å². The smallest absolute Gasteiger partial charge is 0.164 e. The van der Waals surface area contributed by atoms with Crippen LogP contribution >= 0.6 is 0 Å². The maximum Gasteiger partial charge on any atom is 0.164 e. The lowest BCUT2D eigenvalue weighted by molar-refractivity contribution is 1.10. The highest BCUT2D eigenvalue weighted by molar-refractivity contribution is 5.78. The van der Waals surface area contributed by atoms with Crippen molar-refractivity contribution >= 4 is 16.7 Å². The Bertz CT molecular complexity index is 654. The third kappa shape index (κ3) is 1.05. The van der Waals surface area contributed by atoms with Gasteiger partial charge in [-0.05, 0) is 25.5 Å². The summed E-state index contributed by atoms with van der Waals surface area (Å²) in [5, 5.41) is 0. The molecule has 0 bridgehead atoms. The molecular weight excluding hydrogens is 188 g/mol. The molecule has 15 heavy (non-hydrogen) atoms. The van der Waals surface area contributed by atoms with E-state index in [0.717, 1.165) is 27.9 Å². The molecule has 0 aliphatic carbocycles. The molecule has 0 aliphatic heterocycles. The number of hydrogen-bond acceptors (Lipinski definition) is 3. The molecular formula is C11H10N4. The molecule has 3 rings (SSSR count). The number of aromatic nitrogens is 4. The van der Waals surface area contributed by atoms with Crippen LogP contribution in [0.15, 0.2) is 24.8 Å². The first-order valence-corrected chi connectivity index (χ1v) is 4.81. The standard InChI is InChI=1S/C11H10N4/c1-7-3-4-13-11-10(7)14-8(2)9-5-12-6-15(9)11/h3-6H,1-2H3. The summed E-state index contributed by atoms with van der Waals surface area (Å²) < 4.78 is 1.98. The Labute approximate surface area is 86.6 Å². The Hall–Kier alpha value is -1.97. The van der Waals surface area contributed by atoms with Gasteiger partial charge in [0.25, 0.3) is 0 Å². The summed E-state index contributed by atoms with van der Waals surface area (Å²) in [5.74, 6) is 0. The Morgan fingerprint density at radius 1 is 1.27 bits per heavy atom. The van der Waals surface area contributed by atoms with E-state index in [4.69, 9.17) is 0 Å². The van der Waals surface area contributed by atoms with E-state index in [2.05, 4.69) is 15.0 Å². The lowest BCUT2D eigenvalue weighted by Gasteiger charge is -2.05. The number of fused-ring (bicyclic) bond motifs is 3. The zero-order valence-corrected chi connectivity index (χ0v) is 8.60. The van der Waals surface area contributed by atoms with Crippen LogP contribution in [0.1, 0.15) is 11.3 Å². The lowest BCUT2D eigenvalue weighted by atomic mass is 10.2. The van der Waals surface area contributed by atoms with E-state index in [1.807, 2.05) is 30.5 Å². The van der Waals surface area contributed by atoms with E-state index < -0.39 is 0 Å². The van der Waals surface area contributed by atoms with Crippen LogP contribution in [0.5, 0.6) is 0 Å². The molecule has 0 saturated heterocycles. The molecule has 0 aliphatic rings. The Morgan fingerprint density at radius 2 is 2.13 bits per heavy atom. The van der Waals surface area contributed by atoms with Crippen molar-refractivity contribution in [2.45, 2.75) is 13.8 Å². The van der Waals surface area contributed by atoms with Crippen LogP contribution in [-0.2, 0) is 0 Å². The fraction of sp³-hybridized carbons (Fsp3) is 0.182. The number of hydrogen-bond donors (Lipinski definition) is 0. The summed E-state index contributed by atoms with van der Waals surface area (Å²) in [6, 6.07) is 1.97. The first-order valence-electron chi connectivity index (χ1n) is 4.81. The quantitative estimate of drug-likeness (QED) is 0.554. The summed E-state index contributed by atoms with van der Waals surface area (Å²) in [6.07, 6.45) is 5.39. The van der Waals surface area contributed by atoms with E-state index in [1.165, 1.54) is 0 Å². The van der Waals surface area contributed by atoms with Gasteiger partial charge in [-0.2, -0.15) is 0 Å². The maximum absolute atomic E-state index is 4.55. The lowest BCUT2D eigenvalue weighted by Crippen LogP contribution is -1.97. The summed E-state index contributed by atoms with van der Waals surface area (Å²) in [4.78, 5) is 13.0. The second-order valence-corrected chi connectivity index (χ2v) is 3.65. The fourth-order valence-electron chi connectivity index (χ4n) is 1.81. The van der Waals surface area contributed by atoms with E-state index in [9.17, 15) is 0 Å². The van der Waals surface area contributed by atoms with Crippen LogP contribution in [0.4, 0.5) is 0 Å². The van der Waals surface area contributed by atoms with Gasteiger partial charge in [0, 0.05) is 6.20 Å². The third-order valence-electron chi connectivity index (χ3n) is 2.62. The topological polar surface area (TPSA) is 43.1 Å². The minimum atomic E-state index is 0.869.